The molecule has 0 saturated heterocycles. The standard InChI is InChI=1S/C20H25N3O2/c1-4-23-10-9-16(12-19(23)24)20(25)22(3)14-18-11-15-7-5-6-8-17(15)13-21(18)2/h5-10,12,18H,4,11,13-14H2,1-3H3. The van der Waals surface area contributed by atoms with Crippen molar-refractivity contribution in [1.82, 2.24) is 14.4 Å². The third-order valence-corrected chi connectivity index (χ3v) is 5.03. The summed E-state index contributed by atoms with van der Waals surface area (Å²) in [5, 5.41) is 0. The van der Waals surface area contributed by atoms with Gasteiger partial charge < -0.3 is 9.47 Å². The smallest absolute Gasteiger partial charge is 0.253 e. The van der Waals surface area contributed by atoms with Crippen LogP contribution in [0.15, 0.2) is 47.4 Å². The van der Waals surface area contributed by atoms with Gasteiger partial charge in [0.2, 0.25) is 0 Å². The zero-order chi connectivity index (χ0) is 18.0. The largest absolute Gasteiger partial charge is 0.340 e. The summed E-state index contributed by atoms with van der Waals surface area (Å²) in [5.41, 5.74) is 3.04. The van der Waals surface area contributed by atoms with Gasteiger partial charge in [-0.3, -0.25) is 14.5 Å². The van der Waals surface area contributed by atoms with Crippen LogP contribution in [0.25, 0.3) is 0 Å². The van der Waals surface area contributed by atoms with Gasteiger partial charge in [0.15, 0.2) is 0 Å². The molecule has 2 aromatic rings. The first-order valence-electron chi connectivity index (χ1n) is 8.72. The van der Waals surface area contributed by atoms with Gasteiger partial charge in [0.1, 0.15) is 0 Å². The van der Waals surface area contributed by atoms with E-state index in [1.165, 1.54) is 17.2 Å². The molecule has 1 aliphatic heterocycles. The van der Waals surface area contributed by atoms with Gasteiger partial charge in [0.25, 0.3) is 11.5 Å². The highest BCUT2D eigenvalue weighted by molar-refractivity contribution is 5.93. The number of carbonyl (C=O) groups is 1. The highest BCUT2D eigenvalue weighted by atomic mass is 16.2. The number of nitrogens with zero attached hydrogens (tertiary/aromatic N) is 3. The number of rotatable bonds is 4. The van der Waals surface area contributed by atoms with E-state index in [0.29, 0.717) is 18.7 Å². The Morgan fingerprint density at radius 2 is 1.96 bits per heavy atom. The maximum Gasteiger partial charge on any atom is 0.253 e. The highest BCUT2D eigenvalue weighted by Gasteiger charge is 2.25. The van der Waals surface area contributed by atoms with Gasteiger partial charge in [0, 0.05) is 50.6 Å². The van der Waals surface area contributed by atoms with Crippen LogP contribution in [-0.2, 0) is 19.5 Å². The van der Waals surface area contributed by atoms with E-state index in [2.05, 4.69) is 36.2 Å². The third-order valence-electron chi connectivity index (χ3n) is 5.03. The van der Waals surface area contributed by atoms with Crippen molar-refractivity contribution in [1.29, 1.82) is 0 Å². The van der Waals surface area contributed by atoms with Crippen LogP contribution >= 0.6 is 0 Å². The second-order valence-electron chi connectivity index (χ2n) is 6.77. The van der Waals surface area contributed by atoms with Crippen molar-refractivity contribution in [2.45, 2.75) is 32.5 Å². The van der Waals surface area contributed by atoms with E-state index in [-0.39, 0.29) is 17.5 Å². The predicted octanol–water partition coefficient (Wildman–Crippen LogP) is 2.00. The first kappa shape index (κ1) is 17.4. The average Bonchev–Trinajstić information content (AvgIpc) is 2.61. The molecule has 1 amide bonds. The highest BCUT2D eigenvalue weighted by Crippen LogP contribution is 2.22. The molecule has 5 nitrogen and oxygen atoms in total. The van der Waals surface area contributed by atoms with E-state index >= 15 is 0 Å². The summed E-state index contributed by atoms with van der Waals surface area (Å²) in [6.07, 6.45) is 2.62. The number of carbonyl (C=O) groups excluding carboxylic acids is 1. The van der Waals surface area contributed by atoms with E-state index in [1.54, 1.807) is 21.7 Å². The lowest BCUT2D eigenvalue weighted by Gasteiger charge is -2.36. The number of hydrogen-bond donors (Lipinski definition) is 0. The minimum absolute atomic E-state index is 0.104. The summed E-state index contributed by atoms with van der Waals surface area (Å²) >= 11 is 0. The maximum absolute atomic E-state index is 12.7. The van der Waals surface area contributed by atoms with Crippen LogP contribution in [0.5, 0.6) is 0 Å². The molecule has 0 spiro atoms. The normalized spacial score (nSPS) is 17.2. The lowest BCUT2D eigenvalue weighted by atomic mass is 9.94. The lowest BCUT2D eigenvalue weighted by molar-refractivity contribution is 0.0733. The monoisotopic (exact) mass is 339 g/mol. The summed E-state index contributed by atoms with van der Waals surface area (Å²) in [6.45, 7) is 4.05. The molecule has 5 heteroatoms. The van der Waals surface area contributed by atoms with Gasteiger partial charge in [-0.05, 0) is 37.6 Å². The molecular formula is C20H25N3O2. The van der Waals surface area contributed by atoms with Crippen molar-refractivity contribution in [3.8, 4) is 0 Å². The fraction of sp³-hybridized carbons (Fsp3) is 0.400. The van der Waals surface area contributed by atoms with Crippen molar-refractivity contribution in [2.75, 3.05) is 20.6 Å². The molecule has 0 fully saturated rings. The average molecular weight is 339 g/mol. The molecule has 2 heterocycles. The number of aryl methyl sites for hydroxylation is 1. The molecule has 1 atom stereocenters. The van der Waals surface area contributed by atoms with Crippen LogP contribution in [-0.4, -0.2) is 47.0 Å². The summed E-state index contributed by atoms with van der Waals surface area (Å²) < 4.78 is 1.59. The molecule has 3 rings (SSSR count). The molecule has 1 aromatic carbocycles. The molecule has 0 aliphatic carbocycles. The third kappa shape index (κ3) is 3.66. The minimum atomic E-state index is -0.134. The summed E-state index contributed by atoms with van der Waals surface area (Å²) in [6, 6.07) is 11.9. The Morgan fingerprint density at radius 1 is 1.24 bits per heavy atom. The van der Waals surface area contributed by atoms with Crippen LogP contribution in [0.4, 0.5) is 0 Å². The summed E-state index contributed by atoms with van der Waals surface area (Å²) in [4.78, 5) is 28.7. The Labute approximate surface area is 148 Å². The fourth-order valence-corrected chi connectivity index (χ4v) is 3.44. The summed E-state index contributed by atoms with van der Waals surface area (Å²) in [5.74, 6) is -0.104. The van der Waals surface area contributed by atoms with Crippen LogP contribution in [0, 0.1) is 0 Å². The predicted molar refractivity (Wildman–Crippen MR) is 98.7 cm³/mol. The van der Waals surface area contributed by atoms with E-state index < -0.39 is 0 Å². The Hall–Kier alpha value is -2.40. The number of amides is 1. The van der Waals surface area contributed by atoms with Gasteiger partial charge in [-0.2, -0.15) is 0 Å². The Bertz CT molecular complexity index is 828. The molecule has 0 saturated carbocycles. The maximum atomic E-state index is 12.7. The number of aromatic nitrogens is 1. The minimum Gasteiger partial charge on any atom is -0.340 e. The van der Waals surface area contributed by atoms with Crippen molar-refractivity contribution < 1.29 is 4.79 Å². The van der Waals surface area contributed by atoms with Crippen LogP contribution in [0.2, 0.25) is 0 Å². The van der Waals surface area contributed by atoms with E-state index in [4.69, 9.17) is 0 Å². The van der Waals surface area contributed by atoms with Gasteiger partial charge in [-0.15, -0.1) is 0 Å². The van der Waals surface area contributed by atoms with Crippen molar-refractivity contribution >= 4 is 5.91 Å². The quantitative estimate of drug-likeness (QED) is 0.856. The zero-order valence-corrected chi connectivity index (χ0v) is 15.1. The fourth-order valence-electron chi connectivity index (χ4n) is 3.44. The first-order valence-corrected chi connectivity index (χ1v) is 8.72. The van der Waals surface area contributed by atoms with Crippen molar-refractivity contribution in [3.63, 3.8) is 0 Å². The number of benzene rings is 1. The van der Waals surface area contributed by atoms with Gasteiger partial charge in [-0.25, -0.2) is 0 Å². The molecule has 1 aliphatic rings. The zero-order valence-electron chi connectivity index (χ0n) is 15.1. The lowest BCUT2D eigenvalue weighted by Crippen LogP contribution is -2.46. The molecule has 132 valence electrons. The second kappa shape index (κ2) is 7.23. The van der Waals surface area contributed by atoms with E-state index in [9.17, 15) is 9.59 Å². The number of fused-ring (bicyclic) bond motifs is 1. The molecular weight excluding hydrogens is 314 g/mol. The molecule has 25 heavy (non-hydrogen) atoms. The van der Waals surface area contributed by atoms with Gasteiger partial charge >= 0.3 is 0 Å². The molecule has 1 aromatic heterocycles. The molecule has 0 bridgehead atoms. The molecule has 0 radical (unpaired) electrons. The SMILES string of the molecule is CCn1ccc(C(=O)N(C)CC2Cc3ccccc3CN2C)cc1=O. The number of likely N-dealkylation sites (N-methyl/N-ethyl adjacent to an activating group) is 2. The van der Waals surface area contributed by atoms with Crippen LogP contribution in [0.3, 0.4) is 0 Å². The first-order chi connectivity index (χ1) is 12.0. The number of hydrogen-bond acceptors (Lipinski definition) is 3. The van der Waals surface area contributed by atoms with Gasteiger partial charge in [-0.1, -0.05) is 24.3 Å². The van der Waals surface area contributed by atoms with E-state index in [0.717, 1.165) is 13.0 Å². The second-order valence-corrected chi connectivity index (χ2v) is 6.77. The summed E-state index contributed by atoms with van der Waals surface area (Å²) in [7, 11) is 3.91. The topological polar surface area (TPSA) is 45.6 Å². The van der Waals surface area contributed by atoms with Crippen LogP contribution in [0.1, 0.15) is 28.4 Å². The Morgan fingerprint density at radius 3 is 2.64 bits per heavy atom. The van der Waals surface area contributed by atoms with E-state index in [1.807, 2.05) is 14.0 Å². The molecule has 0 N–H and O–H groups in total. The number of pyridine rings is 1. The van der Waals surface area contributed by atoms with Crippen molar-refractivity contribution in [2.24, 2.45) is 0 Å². The Kier molecular flexibility index (Phi) is 5.04. The Balaban J connectivity index is 1.71. The van der Waals surface area contributed by atoms with Crippen LogP contribution < -0.4 is 5.56 Å². The van der Waals surface area contributed by atoms with Gasteiger partial charge in [0.05, 0.1) is 0 Å². The molecule has 1 unspecified atom stereocenters. The van der Waals surface area contributed by atoms with Crippen molar-refractivity contribution in [3.05, 3.63) is 69.6 Å².